The molecule has 2 heterocycles. The summed E-state index contributed by atoms with van der Waals surface area (Å²) in [5.41, 5.74) is 0.341. The van der Waals surface area contributed by atoms with E-state index in [1.807, 2.05) is 45.0 Å². The summed E-state index contributed by atoms with van der Waals surface area (Å²) in [6, 6.07) is 10.9. The monoisotopic (exact) mass is 394 g/mol. The normalized spacial score (nSPS) is 20.2. The van der Waals surface area contributed by atoms with Gasteiger partial charge in [-0.05, 0) is 51.0 Å². The molecule has 3 rings (SSSR count). The van der Waals surface area contributed by atoms with Crippen molar-refractivity contribution in [1.29, 1.82) is 0 Å². The molecule has 1 aromatic heterocycles. The van der Waals surface area contributed by atoms with Crippen molar-refractivity contribution in [3.8, 4) is 5.75 Å². The standard InChI is InChI=1S/C19H23ClN2O3S/c1-4-25-17-10-7-12-21-18(17)26(23,24)22-13-11-15(19(22,2)3)14-8-5-6-9-16(14)20/h5-10,12,15H,4,11,13H2,1-3H3. The molecule has 1 fully saturated rings. The van der Waals surface area contributed by atoms with Crippen LogP contribution < -0.4 is 4.74 Å². The van der Waals surface area contributed by atoms with Crippen molar-refractivity contribution in [1.82, 2.24) is 9.29 Å². The predicted molar refractivity (Wildman–Crippen MR) is 102 cm³/mol. The molecule has 1 aromatic carbocycles. The molecule has 1 aliphatic heterocycles. The van der Waals surface area contributed by atoms with Crippen LogP contribution in [0.2, 0.25) is 5.02 Å². The number of halogens is 1. The van der Waals surface area contributed by atoms with Crippen LogP contribution in [-0.2, 0) is 10.0 Å². The van der Waals surface area contributed by atoms with Gasteiger partial charge in [0.2, 0.25) is 5.03 Å². The first-order chi connectivity index (χ1) is 12.3. The summed E-state index contributed by atoms with van der Waals surface area (Å²) in [5.74, 6) is 0.289. The van der Waals surface area contributed by atoms with Gasteiger partial charge in [0, 0.05) is 29.2 Å². The molecule has 0 aliphatic carbocycles. The van der Waals surface area contributed by atoms with E-state index in [-0.39, 0.29) is 16.7 Å². The molecule has 1 atom stereocenters. The second-order valence-electron chi connectivity index (χ2n) is 6.83. The van der Waals surface area contributed by atoms with E-state index in [0.29, 0.717) is 24.6 Å². The number of benzene rings is 1. The van der Waals surface area contributed by atoms with Crippen molar-refractivity contribution in [3.05, 3.63) is 53.2 Å². The van der Waals surface area contributed by atoms with Crippen LogP contribution in [0.15, 0.2) is 47.6 Å². The van der Waals surface area contributed by atoms with E-state index in [4.69, 9.17) is 16.3 Å². The van der Waals surface area contributed by atoms with Gasteiger partial charge >= 0.3 is 0 Å². The van der Waals surface area contributed by atoms with Crippen molar-refractivity contribution in [2.24, 2.45) is 0 Å². The van der Waals surface area contributed by atoms with E-state index in [2.05, 4.69) is 4.98 Å². The Hall–Kier alpha value is -1.63. The summed E-state index contributed by atoms with van der Waals surface area (Å²) in [6.07, 6.45) is 2.18. The first kappa shape index (κ1) is 19.1. The van der Waals surface area contributed by atoms with Gasteiger partial charge in [0.1, 0.15) is 0 Å². The van der Waals surface area contributed by atoms with Gasteiger partial charge in [-0.3, -0.25) is 0 Å². The molecule has 0 amide bonds. The minimum atomic E-state index is -3.80. The lowest BCUT2D eigenvalue weighted by atomic mass is 9.83. The fourth-order valence-corrected chi connectivity index (χ4v) is 5.87. The maximum atomic E-state index is 13.4. The lowest BCUT2D eigenvalue weighted by Crippen LogP contribution is -2.45. The summed E-state index contributed by atoms with van der Waals surface area (Å²) < 4.78 is 33.7. The van der Waals surface area contributed by atoms with Gasteiger partial charge in [-0.2, -0.15) is 4.31 Å². The molecule has 7 heteroatoms. The number of hydrogen-bond acceptors (Lipinski definition) is 4. The molecule has 5 nitrogen and oxygen atoms in total. The third-order valence-corrected chi connectivity index (χ3v) is 7.34. The van der Waals surface area contributed by atoms with Gasteiger partial charge in [-0.15, -0.1) is 0 Å². The van der Waals surface area contributed by atoms with E-state index in [1.165, 1.54) is 10.5 Å². The van der Waals surface area contributed by atoms with Crippen molar-refractivity contribution in [3.63, 3.8) is 0 Å². The molecule has 0 spiro atoms. The van der Waals surface area contributed by atoms with Gasteiger partial charge < -0.3 is 4.74 Å². The molecule has 1 aliphatic rings. The van der Waals surface area contributed by atoms with Crippen LogP contribution in [0.5, 0.6) is 5.75 Å². The molecule has 26 heavy (non-hydrogen) atoms. The number of hydrogen-bond donors (Lipinski definition) is 0. The number of sulfonamides is 1. The summed E-state index contributed by atoms with van der Waals surface area (Å²) >= 11 is 6.38. The van der Waals surface area contributed by atoms with Crippen LogP contribution >= 0.6 is 11.6 Å². The van der Waals surface area contributed by atoms with Crippen LogP contribution in [0.25, 0.3) is 0 Å². The van der Waals surface area contributed by atoms with Crippen molar-refractivity contribution in [2.45, 2.75) is 43.7 Å². The summed E-state index contributed by atoms with van der Waals surface area (Å²) in [5, 5.41) is 0.632. The molecule has 0 bridgehead atoms. The number of rotatable bonds is 5. The Morgan fingerprint density at radius 1 is 1.27 bits per heavy atom. The van der Waals surface area contributed by atoms with Crippen LogP contribution in [0, 0.1) is 0 Å². The third-order valence-electron chi connectivity index (χ3n) is 4.97. The number of ether oxygens (including phenoxy) is 1. The van der Waals surface area contributed by atoms with Crippen LogP contribution in [-0.4, -0.2) is 36.4 Å². The lowest BCUT2D eigenvalue weighted by molar-refractivity contribution is 0.266. The summed E-state index contributed by atoms with van der Waals surface area (Å²) in [6.45, 7) is 6.48. The first-order valence-corrected chi connectivity index (χ1v) is 10.5. The highest BCUT2D eigenvalue weighted by Crippen LogP contribution is 2.46. The molecule has 0 saturated carbocycles. The summed E-state index contributed by atoms with van der Waals surface area (Å²) in [7, 11) is -3.80. The Bertz CT molecular complexity index is 899. The van der Waals surface area contributed by atoms with Crippen molar-refractivity contribution >= 4 is 21.6 Å². The molecular weight excluding hydrogens is 372 g/mol. The first-order valence-electron chi connectivity index (χ1n) is 8.65. The SMILES string of the molecule is CCOc1cccnc1S(=O)(=O)N1CCC(c2ccccc2Cl)C1(C)C. The second kappa shape index (κ2) is 7.18. The molecule has 0 radical (unpaired) electrons. The molecule has 1 unspecified atom stereocenters. The highest BCUT2D eigenvalue weighted by Gasteiger charge is 2.49. The fourth-order valence-electron chi connectivity index (χ4n) is 3.72. The second-order valence-corrected chi connectivity index (χ2v) is 9.02. The van der Waals surface area contributed by atoms with Gasteiger partial charge in [-0.25, -0.2) is 13.4 Å². The molecule has 140 valence electrons. The highest BCUT2D eigenvalue weighted by atomic mass is 35.5. The van der Waals surface area contributed by atoms with Crippen LogP contribution in [0.3, 0.4) is 0 Å². The van der Waals surface area contributed by atoms with Crippen molar-refractivity contribution < 1.29 is 13.2 Å². The Kier molecular flexibility index (Phi) is 5.28. The van der Waals surface area contributed by atoms with Gasteiger partial charge in [-0.1, -0.05) is 29.8 Å². The van der Waals surface area contributed by atoms with E-state index in [0.717, 1.165) is 5.56 Å². The van der Waals surface area contributed by atoms with Gasteiger partial charge in [0.05, 0.1) is 6.61 Å². The van der Waals surface area contributed by atoms with Crippen molar-refractivity contribution in [2.75, 3.05) is 13.2 Å². The molecular formula is C19H23ClN2O3S. The fraction of sp³-hybridized carbons (Fsp3) is 0.421. The van der Waals surface area contributed by atoms with Gasteiger partial charge in [0.15, 0.2) is 5.75 Å². The largest absolute Gasteiger partial charge is 0.491 e. The number of nitrogens with zero attached hydrogens (tertiary/aromatic N) is 2. The predicted octanol–water partition coefficient (Wildman–Crippen LogP) is 4.09. The number of pyridine rings is 1. The van der Waals surface area contributed by atoms with E-state index in [1.54, 1.807) is 12.1 Å². The van der Waals surface area contributed by atoms with E-state index < -0.39 is 15.6 Å². The topological polar surface area (TPSA) is 59.5 Å². The summed E-state index contributed by atoms with van der Waals surface area (Å²) in [4.78, 5) is 4.11. The third kappa shape index (κ3) is 3.21. The Balaban J connectivity index is 2.01. The maximum absolute atomic E-state index is 13.4. The molecule has 1 saturated heterocycles. The number of aromatic nitrogens is 1. The van der Waals surface area contributed by atoms with Crippen LogP contribution in [0.4, 0.5) is 0 Å². The zero-order chi connectivity index (χ0) is 18.9. The minimum Gasteiger partial charge on any atom is -0.491 e. The smallest absolute Gasteiger partial charge is 0.264 e. The molecule has 2 aromatic rings. The zero-order valence-corrected chi connectivity index (χ0v) is 16.7. The quantitative estimate of drug-likeness (QED) is 0.766. The average molecular weight is 395 g/mol. The van der Waals surface area contributed by atoms with Crippen LogP contribution in [0.1, 0.15) is 38.7 Å². The molecule has 0 N–H and O–H groups in total. The Labute approximate surface area is 160 Å². The lowest BCUT2D eigenvalue weighted by Gasteiger charge is -2.35. The average Bonchev–Trinajstić information content (AvgIpc) is 2.91. The minimum absolute atomic E-state index is 0.00484. The highest BCUT2D eigenvalue weighted by molar-refractivity contribution is 7.89. The Morgan fingerprint density at radius 2 is 2.00 bits per heavy atom. The zero-order valence-electron chi connectivity index (χ0n) is 15.1. The Morgan fingerprint density at radius 3 is 2.69 bits per heavy atom. The maximum Gasteiger partial charge on any atom is 0.264 e. The van der Waals surface area contributed by atoms with E-state index >= 15 is 0 Å². The van der Waals surface area contributed by atoms with E-state index in [9.17, 15) is 8.42 Å². The van der Waals surface area contributed by atoms with Gasteiger partial charge in [0.25, 0.3) is 10.0 Å².